The number of hydrogen-bond acceptors (Lipinski definition) is 7. The summed E-state index contributed by atoms with van der Waals surface area (Å²) in [6, 6.07) is 9.93. The van der Waals surface area contributed by atoms with Gasteiger partial charge in [0.05, 0.1) is 17.4 Å². The van der Waals surface area contributed by atoms with E-state index in [0.717, 1.165) is 10.6 Å². The first-order valence-electron chi connectivity index (χ1n) is 13.4. The number of aromatic carboxylic acids is 1. The van der Waals surface area contributed by atoms with E-state index in [1.807, 2.05) is 20.8 Å². The van der Waals surface area contributed by atoms with Crippen LogP contribution >= 0.6 is 11.6 Å². The SMILES string of the molecule is [B]C([B])(O)Oc1cn(C(CCOC(C)(C)C)C(=O)Nc2ccc(C(=O)O)cc2)c(=O)cc1-c1cc(Cl)ccc1C(=O)CC. The number of carbonyl (C=O) groups excluding carboxylic acids is 2. The molecule has 0 aliphatic heterocycles. The third kappa shape index (κ3) is 9.31. The Morgan fingerprint density at radius 1 is 1.05 bits per heavy atom. The Morgan fingerprint density at radius 2 is 1.70 bits per heavy atom. The van der Waals surface area contributed by atoms with Crippen LogP contribution in [0.4, 0.5) is 5.69 Å². The predicted octanol–water partition coefficient (Wildman–Crippen LogP) is 4.16. The molecule has 3 aromatic rings. The first-order chi connectivity index (χ1) is 20.0. The van der Waals surface area contributed by atoms with Crippen LogP contribution in [0.3, 0.4) is 0 Å². The standard InChI is InChI=1S/C30H31B2ClN2O8/c1-5-24(36)20-11-8-18(33)14-21(20)22-15-26(37)35(16-25(22)43-30(31,32)41)23(12-13-42-29(2,3)4)27(38)34-19-9-6-17(7-10-19)28(39)40/h6-11,14-16,23,41H,5,12-13H2,1-4H3,(H,34,38)(H,39,40). The molecule has 1 unspecified atom stereocenters. The lowest BCUT2D eigenvalue weighted by Gasteiger charge is -2.27. The minimum Gasteiger partial charge on any atom is -0.479 e. The van der Waals surface area contributed by atoms with Crippen molar-refractivity contribution in [2.75, 3.05) is 11.9 Å². The van der Waals surface area contributed by atoms with Crippen molar-refractivity contribution >= 4 is 50.6 Å². The molecule has 0 saturated carbocycles. The number of ether oxygens (including phenoxy) is 2. The van der Waals surface area contributed by atoms with Gasteiger partial charge in [-0.05, 0) is 68.8 Å². The third-order valence-electron chi connectivity index (χ3n) is 6.18. The van der Waals surface area contributed by atoms with E-state index in [0.29, 0.717) is 0 Å². The molecule has 1 aromatic heterocycles. The van der Waals surface area contributed by atoms with Gasteiger partial charge in [-0.25, -0.2) is 4.79 Å². The fourth-order valence-electron chi connectivity index (χ4n) is 4.21. The lowest BCUT2D eigenvalue weighted by molar-refractivity contribution is -0.120. The smallest absolute Gasteiger partial charge is 0.335 e. The minimum absolute atomic E-state index is 0.0275. The van der Waals surface area contributed by atoms with Crippen molar-refractivity contribution in [3.05, 3.63) is 81.2 Å². The van der Waals surface area contributed by atoms with Crippen molar-refractivity contribution in [2.24, 2.45) is 0 Å². The van der Waals surface area contributed by atoms with Crippen LogP contribution in [0.25, 0.3) is 11.1 Å². The van der Waals surface area contributed by atoms with Crippen molar-refractivity contribution in [2.45, 2.75) is 57.8 Å². The Labute approximate surface area is 256 Å². The van der Waals surface area contributed by atoms with Gasteiger partial charge in [-0.15, -0.1) is 0 Å². The number of carboxylic acids is 1. The van der Waals surface area contributed by atoms with Crippen LogP contribution < -0.4 is 15.6 Å². The molecule has 1 heterocycles. The number of nitrogens with one attached hydrogen (secondary N) is 1. The molecule has 1 amide bonds. The van der Waals surface area contributed by atoms with Gasteiger partial charge in [0.15, 0.2) is 21.5 Å². The van der Waals surface area contributed by atoms with Crippen molar-refractivity contribution in [1.82, 2.24) is 4.57 Å². The average molecular weight is 605 g/mol. The topological polar surface area (TPSA) is 144 Å². The molecule has 0 spiro atoms. The number of Topliss-reactive ketones (excluding diaryl/α,β-unsaturated/α-hetero) is 1. The number of hydrogen-bond donors (Lipinski definition) is 3. The Hall–Kier alpha value is -3.86. The van der Waals surface area contributed by atoms with E-state index < -0.39 is 34.7 Å². The number of rotatable bonds is 12. The molecule has 3 N–H and O–H groups in total. The zero-order valence-electron chi connectivity index (χ0n) is 24.2. The van der Waals surface area contributed by atoms with Crippen LogP contribution in [-0.2, 0) is 9.53 Å². The predicted molar refractivity (Wildman–Crippen MR) is 164 cm³/mol. The molecule has 13 heteroatoms. The molecule has 0 saturated heterocycles. The van der Waals surface area contributed by atoms with Crippen molar-refractivity contribution in [3.8, 4) is 16.9 Å². The molecule has 2 aromatic carbocycles. The summed E-state index contributed by atoms with van der Waals surface area (Å²) in [5, 5.41) is 22.2. The Balaban J connectivity index is 2.16. The van der Waals surface area contributed by atoms with Crippen LogP contribution in [-0.4, -0.2) is 65.9 Å². The average Bonchev–Trinajstić information content (AvgIpc) is 2.90. The van der Waals surface area contributed by atoms with Gasteiger partial charge in [0, 0.05) is 47.4 Å². The van der Waals surface area contributed by atoms with E-state index in [1.54, 1.807) is 6.92 Å². The molecule has 1 atom stereocenters. The van der Waals surface area contributed by atoms with Crippen LogP contribution in [0, 0.1) is 0 Å². The second-order valence-corrected chi connectivity index (χ2v) is 11.2. The van der Waals surface area contributed by atoms with E-state index in [-0.39, 0.29) is 63.9 Å². The summed E-state index contributed by atoms with van der Waals surface area (Å²) in [7, 11) is 11.1. The molecule has 3 rings (SSSR count). The molecule has 0 fully saturated rings. The van der Waals surface area contributed by atoms with E-state index in [9.17, 15) is 24.3 Å². The first kappa shape index (κ1) is 33.6. The number of halogens is 1. The first-order valence-corrected chi connectivity index (χ1v) is 13.7. The Bertz CT molecular complexity index is 1560. The van der Waals surface area contributed by atoms with E-state index in [4.69, 9.17) is 41.9 Å². The number of pyridine rings is 1. The zero-order chi connectivity index (χ0) is 32.1. The van der Waals surface area contributed by atoms with Crippen LogP contribution in [0.2, 0.25) is 5.02 Å². The maximum Gasteiger partial charge on any atom is 0.335 e. The summed E-state index contributed by atoms with van der Waals surface area (Å²) in [5.74, 6) is -2.21. The van der Waals surface area contributed by atoms with E-state index in [1.165, 1.54) is 48.7 Å². The molecule has 0 bridgehead atoms. The monoisotopic (exact) mass is 604 g/mol. The Morgan fingerprint density at radius 3 is 2.26 bits per heavy atom. The fraction of sp³-hybridized carbons (Fsp3) is 0.333. The van der Waals surface area contributed by atoms with Crippen LogP contribution in [0.1, 0.15) is 67.3 Å². The van der Waals surface area contributed by atoms with Gasteiger partial charge in [0.1, 0.15) is 17.4 Å². The summed E-state index contributed by atoms with van der Waals surface area (Å²) in [5.41, 5.74) is -3.04. The number of benzene rings is 2. The summed E-state index contributed by atoms with van der Waals surface area (Å²) >= 11 is 6.23. The maximum absolute atomic E-state index is 13.6. The summed E-state index contributed by atoms with van der Waals surface area (Å²) in [6.07, 6.45) is 1.35. The van der Waals surface area contributed by atoms with Crippen molar-refractivity contribution < 1.29 is 34.1 Å². The molecular weight excluding hydrogens is 573 g/mol. The number of amides is 1. The number of anilines is 1. The van der Waals surface area contributed by atoms with Gasteiger partial charge in [0.25, 0.3) is 5.56 Å². The van der Waals surface area contributed by atoms with Crippen LogP contribution in [0.15, 0.2) is 59.5 Å². The number of nitrogens with zero attached hydrogens (tertiary/aromatic N) is 1. The zero-order valence-corrected chi connectivity index (χ0v) is 25.0. The van der Waals surface area contributed by atoms with Gasteiger partial charge in [-0.3, -0.25) is 19.0 Å². The molecule has 0 aliphatic rings. The number of ketones is 1. The summed E-state index contributed by atoms with van der Waals surface area (Å²) in [6.45, 7) is 7.26. The minimum atomic E-state index is -2.69. The van der Waals surface area contributed by atoms with Crippen molar-refractivity contribution in [1.29, 1.82) is 0 Å². The Kier molecular flexibility index (Phi) is 10.7. The highest BCUT2D eigenvalue weighted by molar-refractivity contribution is 6.37. The summed E-state index contributed by atoms with van der Waals surface area (Å²) in [4.78, 5) is 51.1. The maximum atomic E-state index is 13.6. The number of carboxylic acid groups (broad SMARTS) is 1. The van der Waals surface area contributed by atoms with E-state index in [2.05, 4.69) is 5.32 Å². The fourth-order valence-corrected chi connectivity index (χ4v) is 4.38. The highest BCUT2D eigenvalue weighted by Crippen LogP contribution is 2.35. The van der Waals surface area contributed by atoms with Crippen LogP contribution in [0.5, 0.6) is 5.75 Å². The van der Waals surface area contributed by atoms with E-state index >= 15 is 0 Å². The summed E-state index contributed by atoms with van der Waals surface area (Å²) < 4.78 is 12.3. The van der Waals surface area contributed by atoms with Gasteiger partial charge < -0.3 is 25.0 Å². The molecule has 4 radical (unpaired) electrons. The van der Waals surface area contributed by atoms with Crippen molar-refractivity contribution in [3.63, 3.8) is 0 Å². The molecule has 0 aliphatic carbocycles. The highest BCUT2D eigenvalue weighted by atomic mass is 35.5. The quantitative estimate of drug-likeness (QED) is 0.159. The normalized spacial score (nSPS) is 12.4. The van der Waals surface area contributed by atoms with Gasteiger partial charge in [-0.2, -0.15) is 0 Å². The highest BCUT2D eigenvalue weighted by Gasteiger charge is 2.27. The second kappa shape index (κ2) is 13.6. The number of aromatic nitrogens is 1. The second-order valence-electron chi connectivity index (χ2n) is 10.8. The molecule has 222 valence electrons. The largest absolute Gasteiger partial charge is 0.479 e. The number of carbonyl (C=O) groups is 3. The third-order valence-corrected chi connectivity index (χ3v) is 6.41. The van der Waals surface area contributed by atoms with Gasteiger partial charge in [0.2, 0.25) is 5.91 Å². The lowest BCUT2D eigenvalue weighted by atomic mass is 9.76. The van der Waals surface area contributed by atoms with Gasteiger partial charge >= 0.3 is 5.97 Å². The molecule has 10 nitrogen and oxygen atoms in total. The van der Waals surface area contributed by atoms with Gasteiger partial charge in [-0.1, -0.05) is 18.5 Å². The molecular formula is C30H31B2ClN2O8. The molecule has 43 heavy (non-hydrogen) atoms. The lowest BCUT2D eigenvalue weighted by Crippen LogP contribution is -2.38. The number of aliphatic hydroxyl groups is 1.